The molecule has 2 aromatic rings. The van der Waals surface area contributed by atoms with Gasteiger partial charge in [-0.15, -0.1) is 0 Å². The fourth-order valence-electron chi connectivity index (χ4n) is 1.57. The molecule has 17 heavy (non-hydrogen) atoms. The standard InChI is InChI=1S/C13H14N2O2/c1-9-10(4-2-5-11(9)14)8-15-13(16)12-6-3-7-17-12/h2-7H,8,14H2,1H3,(H,15,16). The van der Waals surface area contributed by atoms with Crippen LogP contribution in [0.5, 0.6) is 0 Å². The number of carbonyl (C=O) groups is 1. The number of hydrogen-bond donors (Lipinski definition) is 2. The molecule has 0 fully saturated rings. The molecule has 0 aliphatic heterocycles. The Bertz CT molecular complexity index is 518. The number of hydrogen-bond acceptors (Lipinski definition) is 3. The summed E-state index contributed by atoms with van der Waals surface area (Å²) in [6.07, 6.45) is 1.47. The van der Waals surface area contributed by atoms with E-state index >= 15 is 0 Å². The summed E-state index contributed by atoms with van der Waals surface area (Å²) in [4.78, 5) is 11.6. The number of benzene rings is 1. The molecule has 1 amide bonds. The summed E-state index contributed by atoms with van der Waals surface area (Å²) >= 11 is 0. The molecule has 2 rings (SSSR count). The molecule has 88 valence electrons. The van der Waals surface area contributed by atoms with Gasteiger partial charge in [-0.05, 0) is 36.2 Å². The predicted molar refractivity (Wildman–Crippen MR) is 65.5 cm³/mol. The van der Waals surface area contributed by atoms with Crippen LogP contribution in [-0.2, 0) is 6.54 Å². The lowest BCUT2D eigenvalue weighted by molar-refractivity contribution is 0.0923. The van der Waals surface area contributed by atoms with Gasteiger partial charge in [-0.25, -0.2) is 0 Å². The van der Waals surface area contributed by atoms with Gasteiger partial charge in [-0.1, -0.05) is 12.1 Å². The Hall–Kier alpha value is -2.23. The van der Waals surface area contributed by atoms with Crippen LogP contribution in [0.15, 0.2) is 41.0 Å². The number of anilines is 1. The zero-order chi connectivity index (χ0) is 12.3. The van der Waals surface area contributed by atoms with E-state index in [1.165, 1.54) is 6.26 Å². The highest BCUT2D eigenvalue weighted by atomic mass is 16.3. The van der Waals surface area contributed by atoms with Crippen molar-refractivity contribution in [2.24, 2.45) is 0 Å². The Kier molecular flexibility index (Phi) is 3.14. The third-order valence-electron chi connectivity index (χ3n) is 2.67. The van der Waals surface area contributed by atoms with E-state index in [1.807, 2.05) is 25.1 Å². The summed E-state index contributed by atoms with van der Waals surface area (Å²) < 4.78 is 5.00. The largest absolute Gasteiger partial charge is 0.459 e. The molecule has 0 bridgehead atoms. The van der Waals surface area contributed by atoms with Crippen molar-refractivity contribution in [1.29, 1.82) is 0 Å². The Morgan fingerprint density at radius 2 is 2.18 bits per heavy atom. The van der Waals surface area contributed by atoms with Gasteiger partial charge in [0.25, 0.3) is 5.91 Å². The molecule has 1 aromatic heterocycles. The highest BCUT2D eigenvalue weighted by molar-refractivity contribution is 5.91. The lowest BCUT2D eigenvalue weighted by Crippen LogP contribution is -2.22. The van der Waals surface area contributed by atoms with Crippen molar-refractivity contribution in [2.75, 3.05) is 5.73 Å². The summed E-state index contributed by atoms with van der Waals surface area (Å²) in [6, 6.07) is 8.96. The molecule has 0 saturated carbocycles. The molecule has 0 aliphatic carbocycles. The van der Waals surface area contributed by atoms with Crippen molar-refractivity contribution in [2.45, 2.75) is 13.5 Å². The average Bonchev–Trinajstić information content (AvgIpc) is 2.84. The summed E-state index contributed by atoms with van der Waals surface area (Å²) in [5.41, 5.74) is 8.52. The van der Waals surface area contributed by atoms with Crippen LogP contribution in [0.25, 0.3) is 0 Å². The molecule has 0 atom stereocenters. The number of carbonyl (C=O) groups excluding carboxylic acids is 1. The maximum Gasteiger partial charge on any atom is 0.287 e. The molecule has 0 saturated heterocycles. The van der Waals surface area contributed by atoms with Crippen LogP contribution < -0.4 is 11.1 Å². The molecule has 4 heteroatoms. The van der Waals surface area contributed by atoms with E-state index in [0.29, 0.717) is 12.3 Å². The summed E-state index contributed by atoms with van der Waals surface area (Å²) in [5, 5.41) is 2.78. The van der Waals surface area contributed by atoms with Crippen molar-refractivity contribution >= 4 is 11.6 Å². The first-order chi connectivity index (χ1) is 8.18. The van der Waals surface area contributed by atoms with Gasteiger partial charge in [0.15, 0.2) is 5.76 Å². The van der Waals surface area contributed by atoms with E-state index < -0.39 is 0 Å². The van der Waals surface area contributed by atoms with E-state index in [0.717, 1.165) is 16.8 Å². The SMILES string of the molecule is Cc1c(N)cccc1CNC(=O)c1ccco1. The van der Waals surface area contributed by atoms with Crippen LogP contribution in [-0.4, -0.2) is 5.91 Å². The van der Waals surface area contributed by atoms with Gasteiger partial charge in [0.2, 0.25) is 0 Å². The summed E-state index contributed by atoms with van der Waals surface area (Å²) in [7, 11) is 0. The second-order valence-corrected chi connectivity index (χ2v) is 3.79. The average molecular weight is 230 g/mol. The highest BCUT2D eigenvalue weighted by Crippen LogP contribution is 2.15. The molecular formula is C13H14N2O2. The smallest absolute Gasteiger partial charge is 0.287 e. The van der Waals surface area contributed by atoms with E-state index in [1.54, 1.807) is 12.1 Å². The van der Waals surface area contributed by atoms with Crippen molar-refractivity contribution in [1.82, 2.24) is 5.32 Å². The number of nitrogen functional groups attached to an aromatic ring is 1. The second-order valence-electron chi connectivity index (χ2n) is 3.79. The van der Waals surface area contributed by atoms with Gasteiger partial charge < -0.3 is 15.5 Å². The lowest BCUT2D eigenvalue weighted by atomic mass is 10.1. The molecule has 0 spiro atoms. The van der Waals surface area contributed by atoms with Gasteiger partial charge >= 0.3 is 0 Å². The van der Waals surface area contributed by atoms with Gasteiger partial charge in [0.05, 0.1) is 6.26 Å². The molecule has 1 heterocycles. The van der Waals surface area contributed by atoms with Crippen LogP contribution in [0, 0.1) is 6.92 Å². The first-order valence-corrected chi connectivity index (χ1v) is 5.34. The van der Waals surface area contributed by atoms with Crippen molar-refractivity contribution in [3.05, 3.63) is 53.5 Å². The minimum Gasteiger partial charge on any atom is -0.459 e. The minimum atomic E-state index is -0.225. The third-order valence-corrected chi connectivity index (χ3v) is 2.67. The maximum absolute atomic E-state index is 11.6. The van der Waals surface area contributed by atoms with E-state index in [-0.39, 0.29) is 5.91 Å². The number of amides is 1. The van der Waals surface area contributed by atoms with Gasteiger partial charge in [-0.2, -0.15) is 0 Å². The molecular weight excluding hydrogens is 216 g/mol. The van der Waals surface area contributed by atoms with Gasteiger partial charge in [0, 0.05) is 12.2 Å². The van der Waals surface area contributed by atoms with Crippen molar-refractivity contribution < 1.29 is 9.21 Å². The van der Waals surface area contributed by atoms with E-state index in [4.69, 9.17) is 10.2 Å². The number of rotatable bonds is 3. The molecule has 0 aliphatic rings. The third kappa shape index (κ3) is 2.47. The zero-order valence-electron chi connectivity index (χ0n) is 9.57. The first kappa shape index (κ1) is 11.3. The summed E-state index contributed by atoms with van der Waals surface area (Å²) in [5.74, 6) is 0.0865. The van der Waals surface area contributed by atoms with E-state index in [9.17, 15) is 4.79 Å². The van der Waals surface area contributed by atoms with Crippen molar-refractivity contribution in [3.8, 4) is 0 Å². The van der Waals surface area contributed by atoms with Crippen LogP contribution in [0.4, 0.5) is 5.69 Å². The predicted octanol–water partition coefficient (Wildman–Crippen LogP) is 2.10. The van der Waals surface area contributed by atoms with Crippen LogP contribution in [0.1, 0.15) is 21.7 Å². The molecule has 4 nitrogen and oxygen atoms in total. The highest BCUT2D eigenvalue weighted by Gasteiger charge is 2.08. The Labute approximate surface area is 99.4 Å². The Morgan fingerprint density at radius 3 is 2.88 bits per heavy atom. The zero-order valence-corrected chi connectivity index (χ0v) is 9.57. The minimum absolute atomic E-state index is 0.225. The Balaban J connectivity index is 2.03. The molecule has 3 N–H and O–H groups in total. The number of nitrogens with one attached hydrogen (secondary N) is 1. The number of nitrogens with two attached hydrogens (primary N) is 1. The normalized spacial score (nSPS) is 10.2. The fraction of sp³-hybridized carbons (Fsp3) is 0.154. The fourth-order valence-corrected chi connectivity index (χ4v) is 1.57. The van der Waals surface area contributed by atoms with E-state index in [2.05, 4.69) is 5.32 Å². The van der Waals surface area contributed by atoms with Gasteiger partial charge in [-0.3, -0.25) is 4.79 Å². The van der Waals surface area contributed by atoms with Crippen molar-refractivity contribution in [3.63, 3.8) is 0 Å². The maximum atomic E-state index is 11.6. The molecule has 0 unspecified atom stereocenters. The summed E-state index contributed by atoms with van der Waals surface area (Å²) in [6.45, 7) is 2.38. The van der Waals surface area contributed by atoms with Crippen LogP contribution in [0.2, 0.25) is 0 Å². The second kappa shape index (κ2) is 4.74. The van der Waals surface area contributed by atoms with Crippen LogP contribution >= 0.6 is 0 Å². The topological polar surface area (TPSA) is 68.3 Å². The Morgan fingerprint density at radius 1 is 1.35 bits per heavy atom. The monoisotopic (exact) mass is 230 g/mol. The molecule has 0 radical (unpaired) electrons. The number of furan rings is 1. The molecule has 1 aromatic carbocycles. The van der Waals surface area contributed by atoms with Crippen LogP contribution in [0.3, 0.4) is 0 Å². The van der Waals surface area contributed by atoms with Gasteiger partial charge in [0.1, 0.15) is 0 Å². The first-order valence-electron chi connectivity index (χ1n) is 5.34. The quantitative estimate of drug-likeness (QED) is 0.793. The lowest BCUT2D eigenvalue weighted by Gasteiger charge is -2.08.